The van der Waals surface area contributed by atoms with Crippen molar-refractivity contribution >= 4 is 17.9 Å². The van der Waals surface area contributed by atoms with E-state index in [0.717, 1.165) is 96.3 Å². The maximum absolute atomic E-state index is 12.9. The predicted molar refractivity (Wildman–Crippen MR) is 349 cm³/mol. The smallest absolute Gasteiger partial charge is 0.306 e. The number of carbonyl (C=O) groups excluding carboxylic acids is 3. The Labute approximate surface area is 498 Å². The highest BCUT2D eigenvalue weighted by molar-refractivity contribution is 5.71. The molecule has 0 aromatic rings. The first-order chi connectivity index (χ1) is 39.5. The summed E-state index contributed by atoms with van der Waals surface area (Å²) in [5, 5.41) is 0. The van der Waals surface area contributed by atoms with Gasteiger partial charge in [0.2, 0.25) is 0 Å². The van der Waals surface area contributed by atoms with Gasteiger partial charge in [-0.2, -0.15) is 0 Å². The molecule has 0 aromatic heterocycles. The van der Waals surface area contributed by atoms with Crippen molar-refractivity contribution < 1.29 is 28.6 Å². The minimum absolute atomic E-state index is 0.0781. The molecule has 0 aliphatic rings. The van der Waals surface area contributed by atoms with Crippen LogP contribution in [0, 0.1) is 0 Å². The Morgan fingerprint density at radius 1 is 0.263 bits per heavy atom. The summed E-state index contributed by atoms with van der Waals surface area (Å²) in [5.41, 5.74) is 0. The van der Waals surface area contributed by atoms with Crippen LogP contribution in [0.4, 0.5) is 0 Å². The zero-order valence-corrected chi connectivity index (χ0v) is 53.9. The normalized spacial score (nSPS) is 12.3. The summed E-state index contributed by atoms with van der Waals surface area (Å²) in [5.74, 6) is -0.875. The molecule has 0 N–H and O–H groups in total. The average molecular weight is 1120 g/mol. The zero-order chi connectivity index (χ0) is 57.8. The Morgan fingerprint density at radius 2 is 0.487 bits per heavy atom. The Kier molecular flexibility index (Phi) is 66.6. The molecule has 0 amide bonds. The van der Waals surface area contributed by atoms with Gasteiger partial charge in [0.1, 0.15) is 13.2 Å². The molecule has 0 radical (unpaired) electrons. The number of hydrogen-bond donors (Lipinski definition) is 0. The van der Waals surface area contributed by atoms with Gasteiger partial charge in [0, 0.05) is 19.3 Å². The van der Waals surface area contributed by atoms with Gasteiger partial charge in [0.25, 0.3) is 0 Å². The number of esters is 3. The third-order valence-electron chi connectivity index (χ3n) is 16.1. The lowest BCUT2D eigenvalue weighted by Crippen LogP contribution is -2.30. The van der Waals surface area contributed by atoms with Gasteiger partial charge in [0.15, 0.2) is 6.10 Å². The molecule has 0 spiro atoms. The highest BCUT2D eigenvalue weighted by Crippen LogP contribution is 2.19. The molecule has 0 rings (SSSR count). The van der Waals surface area contributed by atoms with E-state index in [-0.39, 0.29) is 31.1 Å². The molecule has 0 saturated carbocycles. The largest absolute Gasteiger partial charge is 0.462 e. The second kappa shape index (κ2) is 68.9. The lowest BCUT2D eigenvalue weighted by atomic mass is 10.0. The van der Waals surface area contributed by atoms with Crippen LogP contribution in [0.5, 0.6) is 0 Å². The molecule has 0 saturated heterocycles. The molecule has 80 heavy (non-hydrogen) atoms. The molecular weight excluding hydrogens is 985 g/mol. The van der Waals surface area contributed by atoms with Crippen LogP contribution in [-0.4, -0.2) is 37.2 Å². The lowest BCUT2D eigenvalue weighted by Gasteiger charge is -2.18. The summed E-state index contributed by atoms with van der Waals surface area (Å²) in [7, 11) is 0. The maximum Gasteiger partial charge on any atom is 0.306 e. The molecule has 468 valence electrons. The van der Waals surface area contributed by atoms with Crippen LogP contribution in [0.15, 0.2) is 48.6 Å². The van der Waals surface area contributed by atoms with E-state index in [1.807, 2.05) is 0 Å². The van der Waals surface area contributed by atoms with Crippen molar-refractivity contribution in [2.75, 3.05) is 13.2 Å². The minimum Gasteiger partial charge on any atom is -0.462 e. The fourth-order valence-corrected chi connectivity index (χ4v) is 10.8. The topological polar surface area (TPSA) is 78.9 Å². The van der Waals surface area contributed by atoms with Crippen molar-refractivity contribution in [2.24, 2.45) is 0 Å². The van der Waals surface area contributed by atoms with Crippen molar-refractivity contribution in [3.63, 3.8) is 0 Å². The molecule has 0 aliphatic carbocycles. The van der Waals surface area contributed by atoms with Gasteiger partial charge in [-0.3, -0.25) is 14.4 Å². The van der Waals surface area contributed by atoms with E-state index in [4.69, 9.17) is 14.2 Å². The third kappa shape index (κ3) is 66.2. The van der Waals surface area contributed by atoms with Crippen molar-refractivity contribution in [1.82, 2.24) is 0 Å². The van der Waals surface area contributed by atoms with E-state index in [1.54, 1.807) is 0 Å². The van der Waals surface area contributed by atoms with E-state index in [0.29, 0.717) is 19.3 Å². The van der Waals surface area contributed by atoms with E-state index < -0.39 is 6.10 Å². The van der Waals surface area contributed by atoms with Gasteiger partial charge >= 0.3 is 17.9 Å². The van der Waals surface area contributed by atoms with Crippen molar-refractivity contribution in [3.05, 3.63) is 48.6 Å². The zero-order valence-electron chi connectivity index (χ0n) is 53.9. The molecule has 0 fully saturated rings. The van der Waals surface area contributed by atoms with E-state index in [9.17, 15) is 14.4 Å². The second-order valence-electron chi connectivity index (χ2n) is 24.1. The van der Waals surface area contributed by atoms with Gasteiger partial charge < -0.3 is 14.2 Å². The fraction of sp³-hybridized carbons (Fsp3) is 0.851. The van der Waals surface area contributed by atoms with Crippen LogP contribution >= 0.6 is 0 Å². The molecule has 6 heteroatoms. The van der Waals surface area contributed by atoms with Crippen LogP contribution in [0.2, 0.25) is 0 Å². The molecule has 0 aromatic carbocycles. The number of rotatable bonds is 66. The number of ether oxygens (including phenoxy) is 3. The molecule has 0 bridgehead atoms. The standard InChI is InChI=1S/C74H136O6/c1-4-7-10-13-16-19-22-25-28-30-31-32-33-34-35-36-37-38-39-40-41-42-44-46-49-52-55-58-61-64-67-73(76)79-70-71(69-78-72(75)66-63-60-57-54-51-48-45-27-24-21-18-15-12-9-6-3)80-74(77)68-65-62-59-56-53-50-47-43-29-26-23-20-17-14-11-8-5-2/h8,11,17,20,26,29,47,50,71H,4-7,9-10,12-16,18-19,21-25,27-28,30-46,48-49,51-70H2,1-3H3/b11-8-,20-17-,29-26-,50-47-. The number of carbonyl (C=O) groups is 3. The summed E-state index contributed by atoms with van der Waals surface area (Å²) >= 11 is 0. The molecule has 0 aliphatic heterocycles. The predicted octanol–water partition coefficient (Wildman–Crippen LogP) is 24.5. The third-order valence-corrected chi connectivity index (χ3v) is 16.1. The van der Waals surface area contributed by atoms with Gasteiger partial charge in [0.05, 0.1) is 0 Å². The highest BCUT2D eigenvalue weighted by Gasteiger charge is 2.19. The molecule has 1 atom stereocenters. The van der Waals surface area contributed by atoms with Gasteiger partial charge in [-0.1, -0.05) is 358 Å². The van der Waals surface area contributed by atoms with Gasteiger partial charge in [-0.15, -0.1) is 0 Å². The number of hydrogen-bond acceptors (Lipinski definition) is 6. The maximum atomic E-state index is 12.9. The first-order valence-electron chi connectivity index (χ1n) is 35.6. The van der Waals surface area contributed by atoms with Crippen LogP contribution < -0.4 is 0 Å². The van der Waals surface area contributed by atoms with Crippen molar-refractivity contribution in [1.29, 1.82) is 0 Å². The average Bonchev–Trinajstić information content (AvgIpc) is 3.46. The van der Waals surface area contributed by atoms with Crippen LogP contribution in [-0.2, 0) is 28.6 Å². The molecular formula is C74H136O6. The summed E-state index contributed by atoms with van der Waals surface area (Å²) in [6, 6.07) is 0. The first kappa shape index (κ1) is 77.4. The molecule has 1 unspecified atom stereocenters. The van der Waals surface area contributed by atoms with E-state index in [2.05, 4.69) is 69.4 Å². The molecule has 0 heterocycles. The second-order valence-corrected chi connectivity index (χ2v) is 24.1. The summed E-state index contributed by atoms with van der Waals surface area (Å²) in [4.78, 5) is 38.4. The van der Waals surface area contributed by atoms with Crippen molar-refractivity contribution in [3.8, 4) is 0 Å². The van der Waals surface area contributed by atoms with Crippen LogP contribution in [0.25, 0.3) is 0 Å². The Bertz CT molecular complexity index is 1380. The van der Waals surface area contributed by atoms with E-state index in [1.165, 1.54) is 250 Å². The summed E-state index contributed by atoms with van der Waals surface area (Å²) in [6.07, 6.45) is 87.3. The summed E-state index contributed by atoms with van der Waals surface area (Å²) in [6.45, 7) is 6.58. The number of unbranched alkanes of at least 4 members (excludes halogenated alkanes) is 47. The van der Waals surface area contributed by atoms with Gasteiger partial charge in [-0.25, -0.2) is 0 Å². The quantitative estimate of drug-likeness (QED) is 0.0261. The van der Waals surface area contributed by atoms with Gasteiger partial charge in [-0.05, 0) is 57.8 Å². The summed E-state index contributed by atoms with van der Waals surface area (Å²) < 4.78 is 17.0. The minimum atomic E-state index is -0.784. The fourth-order valence-electron chi connectivity index (χ4n) is 10.8. The monoisotopic (exact) mass is 1120 g/mol. The Morgan fingerprint density at radius 3 is 0.762 bits per heavy atom. The Hall–Kier alpha value is -2.63. The lowest BCUT2D eigenvalue weighted by molar-refractivity contribution is -0.167. The van der Waals surface area contributed by atoms with Crippen LogP contribution in [0.3, 0.4) is 0 Å². The first-order valence-corrected chi connectivity index (χ1v) is 35.6. The molecule has 6 nitrogen and oxygen atoms in total. The Balaban J connectivity index is 4.19. The van der Waals surface area contributed by atoms with Crippen LogP contribution in [0.1, 0.15) is 387 Å². The van der Waals surface area contributed by atoms with Crippen molar-refractivity contribution in [2.45, 2.75) is 393 Å². The van der Waals surface area contributed by atoms with E-state index >= 15 is 0 Å². The SMILES string of the molecule is CC/C=C\C/C=C\C/C=C\C/C=C\CCCCCCC(=O)OC(COC(=O)CCCCCCCCCCCCCCCCC)COC(=O)CCCCCCCCCCCCCCCCCCCCCCCCCCCCCCCC. The highest BCUT2D eigenvalue weighted by atomic mass is 16.6. The number of allylic oxidation sites excluding steroid dienone is 8.